The van der Waals surface area contributed by atoms with Gasteiger partial charge in [0, 0.05) is 18.7 Å². The average Bonchev–Trinajstić information content (AvgIpc) is 2.34. The molecular formula is C13H11NO3. The van der Waals surface area contributed by atoms with E-state index in [4.69, 9.17) is 0 Å². The van der Waals surface area contributed by atoms with E-state index in [0.717, 1.165) is 5.56 Å². The van der Waals surface area contributed by atoms with Crippen LogP contribution in [-0.2, 0) is 0 Å². The van der Waals surface area contributed by atoms with Gasteiger partial charge in [-0.3, -0.25) is 4.99 Å². The maximum Gasteiger partial charge on any atom is 0.338 e. The summed E-state index contributed by atoms with van der Waals surface area (Å²) in [7, 11) is 1.62. The van der Waals surface area contributed by atoms with Crippen molar-refractivity contribution >= 4 is 5.71 Å². The van der Waals surface area contributed by atoms with Crippen molar-refractivity contribution in [2.24, 2.45) is 4.99 Å². The minimum atomic E-state index is -0.588. The van der Waals surface area contributed by atoms with E-state index in [1.54, 1.807) is 7.05 Å². The van der Waals surface area contributed by atoms with Crippen LogP contribution in [0.3, 0.4) is 0 Å². The van der Waals surface area contributed by atoms with Crippen molar-refractivity contribution in [1.29, 1.82) is 0 Å². The smallest absolute Gasteiger partial charge is 0.338 e. The second-order valence-corrected chi connectivity index (χ2v) is 3.41. The Morgan fingerprint density at radius 2 is 1.88 bits per heavy atom. The molecule has 0 radical (unpaired) electrons. The molecular weight excluding hydrogens is 218 g/mol. The monoisotopic (exact) mass is 229 g/mol. The summed E-state index contributed by atoms with van der Waals surface area (Å²) < 4.78 is 4.63. The van der Waals surface area contributed by atoms with Gasteiger partial charge in [0.1, 0.15) is 0 Å². The maximum atomic E-state index is 10.9. The van der Waals surface area contributed by atoms with Crippen LogP contribution < -0.4 is 5.63 Å². The molecule has 0 saturated carbocycles. The molecule has 0 spiro atoms. The Morgan fingerprint density at radius 1 is 1.18 bits per heavy atom. The maximum absolute atomic E-state index is 10.9. The SMILES string of the molecule is CN=C(c1ccccc1)c1ccc(=O)oc1O. The molecule has 0 fully saturated rings. The number of hydrogen-bond acceptors (Lipinski definition) is 4. The number of benzene rings is 1. The number of aliphatic imine (C=N–C) groups is 1. The van der Waals surface area contributed by atoms with Gasteiger partial charge in [0.2, 0.25) is 0 Å². The Bertz CT molecular complexity index is 600. The summed E-state index contributed by atoms with van der Waals surface area (Å²) in [6.45, 7) is 0. The predicted molar refractivity (Wildman–Crippen MR) is 64.6 cm³/mol. The molecule has 0 bridgehead atoms. The van der Waals surface area contributed by atoms with Crippen molar-refractivity contribution < 1.29 is 9.52 Å². The largest absolute Gasteiger partial charge is 0.480 e. The van der Waals surface area contributed by atoms with Crippen LogP contribution in [0.1, 0.15) is 11.1 Å². The van der Waals surface area contributed by atoms with Crippen LogP contribution in [0.15, 0.2) is 56.7 Å². The number of rotatable bonds is 2. The van der Waals surface area contributed by atoms with Crippen molar-refractivity contribution in [3.63, 3.8) is 0 Å². The van der Waals surface area contributed by atoms with Gasteiger partial charge >= 0.3 is 5.63 Å². The van der Waals surface area contributed by atoms with E-state index < -0.39 is 11.6 Å². The summed E-state index contributed by atoms with van der Waals surface area (Å²) in [4.78, 5) is 15.0. The van der Waals surface area contributed by atoms with E-state index in [1.807, 2.05) is 30.3 Å². The molecule has 86 valence electrons. The van der Waals surface area contributed by atoms with Gasteiger partial charge in [-0.05, 0) is 6.07 Å². The highest BCUT2D eigenvalue weighted by Gasteiger charge is 2.12. The van der Waals surface area contributed by atoms with E-state index in [2.05, 4.69) is 9.41 Å². The third-order valence-corrected chi connectivity index (χ3v) is 2.34. The Kier molecular flexibility index (Phi) is 3.05. The number of nitrogens with zero attached hydrogens (tertiary/aromatic N) is 1. The van der Waals surface area contributed by atoms with Gasteiger partial charge in [0.15, 0.2) is 0 Å². The fraction of sp³-hybridized carbons (Fsp3) is 0.0769. The lowest BCUT2D eigenvalue weighted by Crippen LogP contribution is -2.06. The van der Waals surface area contributed by atoms with Crippen LogP contribution in [0, 0.1) is 0 Å². The highest BCUT2D eigenvalue weighted by Crippen LogP contribution is 2.18. The van der Waals surface area contributed by atoms with Crippen molar-refractivity contribution in [3.05, 3.63) is 64.0 Å². The summed E-state index contributed by atoms with van der Waals surface area (Å²) >= 11 is 0. The molecule has 1 N–H and O–H groups in total. The van der Waals surface area contributed by atoms with Gasteiger partial charge in [-0.25, -0.2) is 4.79 Å². The lowest BCUT2D eigenvalue weighted by atomic mass is 10.0. The number of aromatic hydroxyl groups is 1. The van der Waals surface area contributed by atoms with Crippen molar-refractivity contribution in [2.45, 2.75) is 0 Å². The normalized spacial score (nSPS) is 11.5. The highest BCUT2D eigenvalue weighted by molar-refractivity contribution is 6.13. The first kappa shape index (κ1) is 11.1. The zero-order chi connectivity index (χ0) is 12.3. The quantitative estimate of drug-likeness (QED) is 0.799. The van der Waals surface area contributed by atoms with Gasteiger partial charge in [-0.15, -0.1) is 0 Å². The van der Waals surface area contributed by atoms with Crippen molar-refractivity contribution in [1.82, 2.24) is 0 Å². The second-order valence-electron chi connectivity index (χ2n) is 3.41. The summed E-state index contributed by atoms with van der Waals surface area (Å²) in [6, 6.07) is 12.1. The van der Waals surface area contributed by atoms with E-state index >= 15 is 0 Å². The molecule has 17 heavy (non-hydrogen) atoms. The third-order valence-electron chi connectivity index (χ3n) is 2.34. The Morgan fingerprint density at radius 3 is 2.47 bits per heavy atom. The minimum absolute atomic E-state index is 0.401. The first-order valence-corrected chi connectivity index (χ1v) is 5.08. The molecule has 1 aromatic carbocycles. The van der Waals surface area contributed by atoms with Crippen LogP contribution in [-0.4, -0.2) is 17.9 Å². The lowest BCUT2D eigenvalue weighted by Gasteiger charge is -2.06. The van der Waals surface area contributed by atoms with Gasteiger partial charge in [-0.2, -0.15) is 0 Å². The van der Waals surface area contributed by atoms with Crippen LogP contribution >= 0.6 is 0 Å². The molecule has 0 unspecified atom stereocenters. The standard InChI is InChI=1S/C13H11NO3/c1-14-12(9-5-3-2-4-6-9)10-7-8-11(15)17-13(10)16/h2-8,16H,1H3. The van der Waals surface area contributed by atoms with Crippen LogP contribution in [0.25, 0.3) is 0 Å². The summed E-state index contributed by atoms with van der Waals surface area (Å²) in [5.74, 6) is -0.415. The van der Waals surface area contributed by atoms with E-state index in [-0.39, 0.29) is 0 Å². The Labute approximate surface area is 97.9 Å². The topological polar surface area (TPSA) is 62.8 Å². The van der Waals surface area contributed by atoms with Crippen molar-refractivity contribution in [3.8, 4) is 5.95 Å². The van der Waals surface area contributed by atoms with Crippen LogP contribution in [0.2, 0.25) is 0 Å². The Hall–Kier alpha value is -2.36. The summed E-state index contributed by atoms with van der Waals surface area (Å²) in [6.07, 6.45) is 0. The van der Waals surface area contributed by atoms with Gasteiger partial charge in [0.05, 0.1) is 11.3 Å². The van der Waals surface area contributed by atoms with E-state index in [9.17, 15) is 9.90 Å². The zero-order valence-corrected chi connectivity index (χ0v) is 9.25. The molecule has 0 aliphatic rings. The summed E-state index contributed by atoms with van der Waals surface area (Å²) in [5.41, 5.74) is 1.24. The molecule has 0 atom stereocenters. The predicted octanol–water partition coefficient (Wildman–Crippen LogP) is 1.81. The van der Waals surface area contributed by atoms with Gasteiger partial charge in [0.25, 0.3) is 5.95 Å². The van der Waals surface area contributed by atoms with Crippen LogP contribution in [0.4, 0.5) is 0 Å². The molecule has 0 saturated heterocycles. The Balaban J connectivity index is 2.55. The van der Waals surface area contributed by atoms with Crippen LogP contribution in [0.5, 0.6) is 5.95 Å². The second kappa shape index (κ2) is 4.65. The molecule has 1 aromatic heterocycles. The minimum Gasteiger partial charge on any atom is -0.480 e. The lowest BCUT2D eigenvalue weighted by molar-refractivity contribution is 0.308. The first-order chi connectivity index (χ1) is 8.22. The molecule has 1 heterocycles. The molecule has 4 nitrogen and oxygen atoms in total. The number of hydrogen-bond donors (Lipinski definition) is 1. The fourth-order valence-electron chi connectivity index (χ4n) is 1.59. The third kappa shape index (κ3) is 2.25. The zero-order valence-electron chi connectivity index (χ0n) is 9.25. The van der Waals surface area contributed by atoms with Crippen molar-refractivity contribution in [2.75, 3.05) is 7.05 Å². The molecule has 0 aliphatic heterocycles. The van der Waals surface area contributed by atoms with E-state index in [0.29, 0.717) is 11.3 Å². The average molecular weight is 229 g/mol. The van der Waals surface area contributed by atoms with E-state index in [1.165, 1.54) is 12.1 Å². The molecule has 4 heteroatoms. The molecule has 2 aromatic rings. The molecule has 2 rings (SSSR count). The van der Waals surface area contributed by atoms with Gasteiger partial charge in [-0.1, -0.05) is 30.3 Å². The molecule has 0 aliphatic carbocycles. The first-order valence-electron chi connectivity index (χ1n) is 5.08. The van der Waals surface area contributed by atoms with Gasteiger partial charge < -0.3 is 9.52 Å². The fourth-order valence-corrected chi connectivity index (χ4v) is 1.59. The summed E-state index contributed by atoms with van der Waals surface area (Å²) in [5, 5.41) is 9.61. The molecule has 0 amide bonds. The highest BCUT2D eigenvalue weighted by atomic mass is 16.5.